The minimum atomic E-state index is -0.529. The first-order valence-electron chi connectivity index (χ1n) is 5.13. The van der Waals surface area contributed by atoms with Gasteiger partial charge < -0.3 is 5.32 Å². The first-order chi connectivity index (χ1) is 8.72. The Balaban J connectivity index is 2.40. The molecule has 0 atom stereocenters. The Labute approximate surface area is 102 Å². The van der Waals surface area contributed by atoms with Crippen LogP contribution in [0.4, 0.5) is 17.2 Å². The molecule has 0 amide bonds. The number of hydrogen-bond acceptors (Lipinski definition) is 5. The van der Waals surface area contributed by atoms with Gasteiger partial charge in [-0.3, -0.25) is 14.9 Å². The van der Waals surface area contributed by atoms with E-state index < -0.39 is 4.92 Å². The third kappa shape index (κ3) is 2.32. The molecule has 90 valence electrons. The van der Waals surface area contributed by atoms with E-state index in [0.29, 0.717) is 17.5 Å². The number of benzene rings is 1. The molecule has 0 aliphatic rings. The van der Waals surface area contributed by atoms with Gasteiger partial charge in [-0.15, -0.1) is 0 Å². The highest BCUT2D eigenvalue weighted by atomic mass is 16.6. The summed E-state index contributed by atoms with van der Waals surface area (Å²) in [4.78, 5) is 25.0. The molecule has 2 rings (SSSR count). The standard InChI is InChI=1S/C12H9N3O3/c16-8-9-4-1-2-5-10(9)14-12-11(15(17)18)6-3-7-13-12/h1-8H,(H,13,14). The fourth-order valence-corrected chi connectivity index (χ4v) is 1.48. The molecule has 0 aliphatic heterocycles. The second-order valence-corrected chi connectivity index (χ2v) is 3.46. The third-order valence-corrected chi connectivity index (χ3v) is 2.32. The van der Waals surface area contributed by atoms with E-state index in [9.17, 15) is 14.9 Å². The molecule has 6 heteroatoms. The number of carbonyl (C=O) groups excluding carboxylic acids is 1. The lowest BCUT2D eigenvalue weighted by Crippen LogP contribution is -2.01. The first kappa shape index (κ1) is 11.7. The summed E-state index contributed by atoms with van der Waals surface area (Å²) in [7, 11) is 0. The van der Waals surface area contributed by atoms with Crippen molar-refractivity contribution in [3.63, 3.8) is 0 Å². The molecule has 1 aromatic heterocycles. The molecule has 0 bridgehead atoms. The second kappa shape index (κ2) is 5.05. The maximum Gasteiger partial charge on any atom is 0.311 e. The van der Waals surface area contributed by atoms with Gasteiger partial charge >= 0.3 is 5.69 Å². The Bertz CT molecular complexity index is 599. The molecule has 0 radical (unpaired) electrons. The van der Waals surface area contributed by atoms with Gasteiger partial charge in [-0.1, -0.05) is 12.1 Å². The van der Waals surface area contributed by atoms with Crippen LogP contribution < -0.4 is 5.32 Å². The Hall–Kier alpha value is -2.76. The molecule has 1 N–H and O–H groups in total. The van der Waals surface area contributed by atoms with Crippen molar-refractivity contribution in [3.05, 3.63) is 58.3 Å². The van der Waals surface area contributed by atoms with Crippen LogP contribution in [0.3, 0.4) is 0 Å². The number of nitrogens with one attached hydrogen (secondary N) is 1. The molecule has 1 heterocycles. The minimum Gasteiger partial charge on any atom is -0.334 e. The van der Waals surface area contributed by atoms with E-state index in [1.807, 2.05) is 0 Å². The van der Waals surface area contributed by atoms with Crippen molar-refractivity contribution >= 4 is 23.5 Å². The Morgan fingerprint density at radius 1 is 1.22 bits per heavy atom. The Morgan fingerprint density at radius 3 is 2.72 bits per heavy atom. The molecule has 0 saturated carbocycles. The summed E-state index contributed by atoms with van der Waals surface area (Å²) in [6.07, 6.45) is 2.12. The van der Waals surface area contributed by atoms with E-state index in [4.69, 9.17) is 0 Å². The van der Waals surface area contributed by atoms with Crippen molar-refractivity contribution in [1.29, 1.82) is 0 Å². The van der Waals surface area contributed by atoms with Gasteiger partial charge in [0, 0.05) is 17.8 Å². The van der Waals surface area contributed by atoms with Gasteiger partial charge in [0.25, 0.3) is 0 Å². The summed E-state index contributed by atoms with van der Waals surface area (Å²) in [6.45, 7) is 0. The van der Waals surface area contributed by atoms with Crippen molar-refractivity contribution in [2.24, 2.45) is 0 Å². The van der Waals surface area contributed by atoms with Crippen LogP contribution in [0.15, 0.2) is 42.6 Å². The topological polar surface area (TPSA) is 85.1 Å². The van der Waals surface area contributed by atoms with Crippen LogP contribution >= 0.6 is 0 Å². The van der Waals surface area contributed by atoms with E-state index in [1.54, 1.807) is 24.3 Å². The Morgan fingerprint density at radius 2 is 2.00 bits per heavy atom. The van der Waals surface area contributed by atoms with E-state index >= 15 is 0 Å². The van der Waals surface area contributed by atoms with Gasteiger partial charge in [-0.25, -0.2) is 4.98 Å². The van der Waals surface area contributed by atoms with Crippen molar-refractivity contribution in [2.75, 3.05) is 5.32 Å². The maximum absolute atomic E-state index is 10.8. The smallest absolute Gasteiger partial charge is 0.311 e. The molecule has 1 aromatic carbocycles. The molecule has 0 fully saturated rings. The Kier molecular flexibility index (Phi) is 3.29. The predicted molar refractivity (Wildman–Crippen MR) is 66.0 cm³/mol. The third-order valence-electron chi connectivity index (χ3n) is 2.32. The molecular weight excluding hydrogens is 234 g/mol. The summed E-state index contributed by atoms with van der Waals surface area (Å²) >= 11 is 0. The lowest BCUT2D eigenvalue weighted by atomic mass is 10.2. The number of para-hydroxylation sites is 1. The zero-order chi connectivity index (χ0) is 13.0. The maximum atomic E-state index is 10.8. The van der Waals surface area contributed by atoms with E-state index in [1.165, 1.54) is 18.3 Å². The molecular formula is C12H9N3O3. The van der Waals surface area contributed by atoms with E-state index in [2.05, 4.69) is 10.3 Å². The number of hydrogen-bond donors (Lipinski definition) is 1. The first-order valence-corrected chi connectivity index (χ1v) is 5.13. The summed E-state index contributed by atoms with van der Waals surface area (Å²) in [5.74, 6) is 0.108. The summed E-state index contributed by atoms with van der Waals surface area (Å²) < 4.78 is 0. The average molecular weight is 243 g/mol. The summed E-state index contributed by atoms with van der Waals surface area (Å²) in [5, 5.41) is 13.6. The van der Waals surface area contributed by atoms with Crippen LogP contribution in [0, 0.1) is 10.1 Å². The van der Waals surface area contributed by atoms with Crippen LogP contribution in [0.25, 0.3) is 0 Å². The van der Waals surface area contributed by atoms with Gasteiger partial charge in [0.2, 0.25) is 5.82 Å². The molecule has 6 nitrogen and oxygen atoms in total. The zero-order valence-electron chi connectivity index (χ0n) is 9.24. The number of aromatic nitrogens is 1. The highest BCUT2D eigenvalue weighted by molar-refractivity contribution is 5.86. The van der Waals surface area contributed by atoms with Gasteiger partial charge in [0.05, 0.1) is 10.6 Å². The normalized spacial score (nSPS) is 9.78. The zero-order valence-corrected chi connectivity index (χ0v) is 9.24. The average Bonchev–Trinajstić information content (AvgIpc) is 2.40. The van der Waals surface area contributed by atoms with Crippen molar-refractivity contribution < 1.29 is 9.72 Å². The minimum absolute atomic E-state index is 0.108. The van der Waals surface area contributed by atoms with Gasteiger partial charge in [0.1, 0.15) is 0 Å². The van der Waals surface area contributed by atoms with E-state index in [-0.39, 0.29) is 11.5 Å². The molecule has 18 heavy (non-hydrogen) atoms. The lowest BCUT2D eigenvalue weighted by molar-refractivity contribution is -0.384. The van der Waals surface area contributed by atoms with Gasteiger partial charge in [-0.05, 0) is 18.2 Å². The fourth-order valence-electron chi connectivity index (χ4n) is 1.48. The molecule has 0 spiro atoms. The van der Waals surface area contributed by atoms with Crippen molar-refractivity contribution in [1.82, 2.24) is 4.98 Å². The molecule has 0 unspecified atom stereocenters. The SMILES string of the molecule is O=Cc1ccccc1Nc1ncccc1[N+](=O)[O-]. The molecule has 0 aliphatic carbocycles. The van der Waals surface area contributed by atoms with Crippen LogP contribution in [-0.4, -0.2) is 16.2 Å². The van der Waals surface area contributed by atoms with Crippen LogP contribution in [-0.2, 0) is 0 Å². The molecule has 2 aromatic rings. The number of aldehydes is 1. The number of nitro groups is 1. The van der Waals surface area contributed by atoms with Crippen LogP contribution in [0.2, 0.25) is 0 Å². The van der Waals surface area contributed by atoms with Gasteiger partial charge in [-0.2, -0.15) is 0 Å². The van der Waals surface area contributed by atoms with E-state index in [0.717, 1.165) is 0 Å². The largest absolute Gasteiger partial charge is 0.334 e. The van der Waals surface area contributed by atoms with Crippen molar-refractivity contribution in [2.45, 2.75) is 0 Å². The fraction of sp³-hybridized carbons (Fsp3) is 0. The number of anilines is 2. The summed E-state index contributed by atoms with van der Waals surface area (Å²) in [5.41, 5.74) is 0.755. The van der Waals surface area contributed by atoms with Crippen LogP contribution in [0.5, 0.6) is 0 Å². The number of carbonyl (C=O) groups is 1. The predicted octanol–water partition coefficient (Wildman–Crippen LogP) is 2.55. The molecule has 0 saturated heterocycles. The number of nitrogens with zero attached hydrogens (tertiary/aromatic N) is 2. The summed E-state index contributed by atoms with van der Waals surface area (Å²) in [6, 6.07) is 9.53. The quantitative estimate of drug-likeness (QED) is 0.506. The highest BCUT2D eigenvalue weighted by Crippen LogP contribution is 2.25. The second-order valence-electron chi connectivity index (χ2n) is 3.46. The lowest BCUT2D eigenvalue weighted by Gasteiger charge is -2.07. The van der Waals surface area contributed by atoms with Crippen LogP contribution in [0.1, 0.15) is 10.4 Å². The highest BCUT2D eigenvalue weighted by Gasteiger charge is 2.14. The van der Waals surface area contributed by atoms with Crippen molar-refractivity contribution in [3.8, 4) is 0 Å². The number of rotatable bonds is 4. The number of pyridine rings is 1. The van der Waals surface area contributed by atoms with Gasteiger partial charge in [0.15, 0.2) is 6.29 Å². The monoisotopic (exact) mass is 243 g/mol.